The van der Waals surface area contributed by atoms with Crippen molar-refractivity contribution in [1.82, 2.24) is 0 Å². The third kappa shape index (κ3) is 6.19. The highest BCUT2D eigenvalue weighted by Crippen LogP contribution is 2.58. The molecule has 356 valence electrons. The Kier molecular flexibility index (Phi) is 7.91. The standard InChI is InChI=1S/C66H73BN2O/c1-60(2,3)42-19-24-53-52(35-42)67-57-45-38-50-51(66(13)31-29-65(50,12)30-32-66)39-56(45)70-59(57)69(44-21-23-47-49(37-44)64(10,11)28-26-62(47,6)7)55-34-41(40-17-15-14-16-18-40)33-54(58(55)67)68(53)43-20-22-46-48(36-43)63(8,9)27-25-61(46,4)5/h14-24,33-39H,25-32H2,1-13H3/i14D,15D,16D,17D,18D. The Morgan fingerprint density at radius 3 is 1.56 bits per heavy atom. The molecule has 7 aliphatic rings. The predicted molar refractivity (Wildman–Crippen MR) is 298 cm³/mol. The summed E-state index contributed by atoms with van der Waals surface area (Å²) >= 11 is 0. The molecule has 1 saturated carbocycles. The van der Waals surface area contributed by atoms with E-state index in [1.807, 2.05) is 0 Å². The topological polar surface area (TPSA) is 19.6 Å². The number of hydrogen-bond acceptors (Lipinski definition) is 3. The average molecular weight is 926 g/mol. The molecule has 6 aromatic carbocycles. The van der Waals surface area contributed by atoms with Crippen LogP contribution in [0.15, 0.2) is 113 Å². The molecule has 70 heavy (non-hydrogen) atoms. The van der Waals surface area contributed by atoms with Crippen LogP contribution < -0.4 is 26.2 Å². The second-order valence-electron chi connectivity index (χ2n) is 26.9. The van der Waals surface area contributed by atoms with Crippen LogP contribution in [0.5, 0.6) is 0 Å². The van der Waals surface area contributed by atoms with Gasteiger partial charge < -0.3 is 9.32 Å². The number of rotatable bonds is 3. The van der Waals surface area contributed by atoms with E-state index in [1.54, 1.807) is 0 Å². The Balaban J connectivity index is 1.20. The summed E-state index contributed by atoms with van der Waals surface area (Å²) in [6.07, 6.45) is 9.04. The molecule has 2 aliphatic heterocycles. The number of anilines is 6. The zero-order valence-electron chi connectivity index (χ0n) is 49.0. The second kappa shape index (κ2) is 14.1. The zero-order valence-corrected chi connectivity index (χ0v) is 44.0. The van der Waals surface area contributed by atoms with E-state index in [0.717, 1.165) is 81.9 Å². The van der Waals surface area contributed by atoms with Gasteiger partial charge in [0.25, 0.3) is 6.71 Å². The average Bonchev–Trinajstić information content (AvgIpc) is 3.92. The van der Waals surface area contributed by atoms with Gasteiger partial charge in [0.15, 0.2) is 0 Å². The van der Waals surface area contributed by atoms with Crippen LogP contribution in [0.25, 0.3) is 22.1 Å². The molecule has 2 bridgehead atoms. The van der Waals surface area contributed by atoms with Crippen LogP contribution >= 0.6 is 0 Å². The van der Waals surface area contributed by atoms with E-state index in [-0.39, 0.29) is 74.4 Å². The molecule has 0 atom stereocenters. The van der Waals surface area contributed by atoms with Crippen LogP contribution in [0.3, 0.4) is 0 Å². The van der Waals surface area contributed by atoms with Crippen molar-refractivity contribution in [3.63, 3.8) is 0 Å². The van der Waals surface area contributed by atoms with Gasteiger partial charge in [-0.25, -0.2) is 0 Å². The highest BCUT2D eigenvalue weighted by molar-refractivity contribution is 7.01. The van der Waals surface area contributed by atoms with E-state index in [2.05, 4.69) is 179 Å². The molecule has 14 rings (SSSR count). The number of fused-ring (bicyclic) bond motifs is 10. The van der Waals surface area contributed by atoms with E-state index in [0.29, 0.717) is 5.56 Å². The zero-order chi connectivity index (χ0) is 53.2. The SMILES string of the molecule is [2H]c1c([2H])c([2H])c(-c2cc3c4c(c2)N(c2ccc5c(c2)C(C)(C)CCC5(C)C)c2oc5cc6c(cc5c2B4c2cc(C(C)(C)C)ccc2N3c2ccc3c(c2)C(C)(C)CCC3(C)C)C2(C)CCC6(C)CC2)c([2H])c1[2H]. The monoisotopic (exact) mass is 926 g/mol. The van der Waals surface area contributed by atoms with Crippen LogP contribution in [-0.2, 0) is 37.9 Å². The van der Waals surface area contributed by atoms with E-state index < -0.39 is 6.04 Å². The smallest absolute Gasteiger partial charge is 0.257 e. The highest BCUT2D eigenvalue weighted by atomic mass is 16.4. The van der Waals surface area contributed by atoms with Crippen molar-refractivity contribution in [3.8, 4) is 11.1 Å². The maximum absolute atomic E-state index is 9.52. The molecule has 3 heterocycles. The van der Waals surface area contributed by atoms with Crippen molar-refractivity contribution in [3.05, 3.63) is 148 Å². The van der Waals surface area contributed by atoms with Gasteiger partial charge in [-0.1, -0.05) is 144 Å². The van der Waals surface area contributed by atoms with Gasteiger partial charge >= 0.3 is 0 Å². The van der Waals surface area contributed by atoms with Crippen molar-refractivity contribution in [2.75, 3.05) is 9.80 Å². The fourth-order valence-electron chi connectivity index (χ4n) is 14.4. The van der Waals surface area contributed by atoms with Crippen molar-refractivity contribution < 1.29 is 11.3 Å². The van der Waals surface area contributed by atoms with Crippen molar-refractivity contribution in [2.45, 2.75) is 179 Å². The molecule has 0 N–H and O–H groups in total. The fourth-order valence-corrected chi connectivity index (χ4v) is 14.4. The molecule has 3 nitrogen and oxygen atoms in total. The predicted octanol–water partition coefficient (Wildman–Crippen LogP) is 16.3. The summed E-state index contributed by atoms with van der Waals surface area (Å²) in [6.45, 7) is 30.6. The summed E-state index contributed by atoms with van der Waals surface area (Å²) in [4.78, 5) is 4.80. The molecule has 4 heteroatoms. The summed E-state index contributed by atoms with van der Waals surface area (Å²) < 4.78 is 53.3. The van der Waals surface area contributed by atoms with E-state index in [1.165, 1.54) is 70.1 Å². The minimum Gasteiger partial charge on any atom is -0.440 e. The van der Waals surface area contributed by atoms with Crippen LogP contribution in [-0.4, -0.2) is 6.71 Å². The van der Waals surface area contributed by atoms with Crippen molar-refractivity contribution >= 4 is 68.4 Å². The Labute approximate surface area is 426 Å². The second-order valence-corrected chi connectivity index (χ2v) is 26.9. The van der Waals surface area contributed by atoms with Gasteiger partial charge in [0.1, 0.15) is 5.58 Å². The molecule has 0 amide bonds. The third-order valence-electron chi connectivity index (χ3n) is 19.4. The van der Waals surface area contributed by atoms with Gasteiger partial charge in [0, 0.05) is 39.3 Å². The number of hydrogen-bond donors (Lipinski definition) is 0. The molecule has 0 spiro atoms. The lowest BCUT2D eigenvalue weighted by Crippen LogP contribution is -2.61. The summed E-state index contributed by atoms with van der Waals surface area (Å²) in [5.41, 5.74) is 19.5. The summed E-state index contributed by atoms with van der Waals surface area (Å²) in [7, 11) is 0. The molecule has 7 aromatic rings. The summed E-state index contributed by atoms with van der Waals surface area (Å²) in [5, 5.41) is 1.15. The fraction of sp³-hybridized carbons (Fsp3) is 0.424. The van der Waals surface area contributed by atoms with Crippen molar-refractivity contribution in [2.24, 2.45) is 0 Å². The lowest BCUT2D eigenvalue weighted by molar-refractivity contribution is 0.188. The molecule has 0 saturated heterocycles. The van der Waals surface area contributed by atoms with E-state index in [9.17, 15) is 2.74 Å². The molecule has 0 unspecified atom stereocenters. The minimum absolute atomic E-state index is 0.000743. The largest absolute Gasteiger partial charge is 0.440 e. The van der Waals surface area contributed by atoms with Crippen LogP contribution in [0, 0.1) is 0 Å². The molecule has 5 aliphatic carbocycles. The van der Waals surface area contributed by atoms with Gasteiger partial charge in [-0.2, -0.15) is 0 Å². The van der Waals surface area contributed by atoms with E-state index in [4.69, 9.17) is 8.53 Å². The van der Waals surface area contributed by atoms with Crippen LogP contribution in [0.1, 0.15) is 187 Å². The Morgan fingerprint density at radius 2 is 1.00 bits per heavy atom. The maximum Gasteiger partial charge on any atom is 0.257 e. The van der Waals surface area contributed by atoms with Crippen LogP contribution in [0.2, 0.25) is 0 Å². The maximum atomic E-state index is 9.52. The number of benzene rings is 6. The van der Waals surface area contributed by atoms with Gasteiger partial charge in [0.05, 0.1) is 6.85 Å². The lowest BCUT2D eigenvalue weighted by Gasteiger charge is -2.52. The molecule has 0 radical (unpaired) electrons. The van der Waals surface area contributed by atoms with Crippen molar-refractivity contribution in [1.29, 1.82) is 0 Å². The summed E-state index contributed by atoms with van der Waals surface area (Å²) in [5.74, 6) is 0.780. The third-order valence-corrected chi connectivity index (χ3v) is 19.4. The first-order valence-corrected chi connectivity index (χ1v) is 26.5. The summed E-state index contributed by atoms with van der Waals surface area (Å²) in [6, 6.07) is 29.0. The molecular formula is C66H73BN2O. The van der Waals surface area contributed by atoms with Gasteiger partial charge in [0.2, 0.25) is 5.88 Å². The molecule has 1 aromatic heterocycles. The van der Waals surface area contributed by atoms with Gasteiger partial charge in [-0.15, -0.1) is 0 Å². The lowest BCUT2D eigenvalue weighted by atomic mass is 9.33. The Hall–Kier alpha value is -5.48. The Bertz CT molecular complexity index is 3650. The first-order chi connectivity index (χ1) is 35.1. The number of furan rings is 1. The molecular weight excluding hydrogens is 848 g/mol. The first-order valence-electron chi connectivity index (χ1n) is 29.0. The first kappa shape index (κ1) is 39.2. The van der Waals surface area contributed by atoms with Crippen LogP contribution in [0.4, 0.5) is 34.3 Å². The van der Waals surface area contributed by atoms with Gasteiger partial charge in [-0.3, -0.25) is 4.90 Å². The Morgan fingerprint density at radius 1 is 0.486 bits per heavy atom. The number of nitrogens with zero attached hydrogens (tertiary/aromatic N) is 2. The van der Waals surface area contributed by atoms with Gasteiger partial charge in [-0.05, 0) is 205 Å². The quantitative estimate of drug-likeness (QED) is 0.165. The minimum atomic E-state index is -0.398. The van der Waals surface area contributed by atoms with E-state index >= 15 is 0 Å². The molecule has 1 fully saturated rings. The normalized spacial score (nSPS) is 24.8. The highest BCUT2D eigenvalue weighted by Gasteiger charge is 2.51.